The minimum absolute atomic E-state index is 0.306. The molecule has 0 N–H and O–H groups in total. The lowest BCUT2D eigenvalue weighted by Gasteiger charge is -2.07. The molecule has 1 aromatic heterocycles. The van der Waals surface area contributed by atoms with Crippen LogP contribution in [-0.2, 0) is 0 Å². The van der Waals surface area contributed by atoms with E-state index in [2.05, 4.69) is 15.2 Å². The van der Waals surface area contributed by atoms with Gasteiger partial charge in [-0.1, -0.05) is 30.3 Å². The second-order valence-electron chi connectivity index (χ2n) is 4.37. The van der Waals surface area contributed by atoms with Gasteiger partial charge in [0.1, 0.15) is 5.82 Å². The molecule has 0 atom stereocenters. The summed E-state index contributed by atoms with van der Waals surface area (Å²) in [6, 6.07) is 15.5. The van der Waals surface area contributed by atoms with Crippen LogP contribution in [-0.4, -0.2) is 22.3 Å². The highest BCUT2D eigenvalue weighted by molar-refractivity contribution is 5.65. The minimum atomic E-state index is -0.306. The van der Waals surface area contributed by atoms with E-state index in [9.17, 15) is 4.39 Å². The Morgan fingerprint density at radius 1 is 0.857 bits per heavy atom. The van der Waals surface area contributed by atoms with Crippen molar-refractivity contribution in [1.82, 2.24) is 15.2 Å². The Labute approximate surface area is 121 Å². The molecule has 3 aromatic rings. The average Bonchev–Trinajstić information content (AvgIpc) is 2.56. The Hall–Kier alpha value is -2.82. The smallest absolute Gasteiger partial charge is 0.244 e. The molecule has 0 saturated heterocycles. The van der Waals surface area contributed by atoms with Gasteiger partial charge in [-0.25, -0.2) is 4.39 Å². The van der Waals surface area contributed by atoms with Gasteiger partial charge in [0.05, 0.1) is 7.11 Å². The number of ether oxygens (including phenoxy) is 1. The van der Waals surface area contributed by atoms with Crippen molar-refractivity contribution >= 4 is 0 Å². The Morgan fingerprint density at radius 3 is 2.24 bits per heavy atom. The first-order chi connectivity index (χ1) is 10.3. The maximum atomic E-state index is 13.0. The lowest BCUT2D eigenvalue weighted by atomic mass is 10.1. The van der Waals surface area contributed by atoms with Gasteiger partial charge in [-0.2, -0.15) is 4.98 Å². The van der Waals surface area contributed by atoms with Gasteiger partial charge in [0.2, 0.25) is 5.88 Å². The van der Waals surface area contributed by atoms with E-state index in [0.717, 1.165) is 5.56 Å². The van der Waals surface area contributed by atoms with Crippen molar-refractivity contribution in [1.29, 1.82) is 0 Å². The zero-order chi connectivity index (χ0) is 14.7. The summed E-state index contributed by atoms with van der Waals surface area (Å²) in [5.41, 5.74) is 2.04. The summed E-state index contributed by atoms with van der Waals surface area (Å²) in [6.07, 6.45) is 0. The Morgan fingerprint density at radius 2 is 1.57 bits per heavy atom. The highest BCUT2D eigenvalue weighted by Gasteiger charge is 2.13. The van der Waals surface area contributed by atoms with Crippen LogP contribution in [0.1, 0.15) is 0 Å². The second kappa shape index (κ2) is 5.66. The van der Waals surface area contributed by atoms with Gasteiger partial charge in [0, 0.05) is 11.1 Å². The van der Waals surface area contributed by atoms with E-state index in [1.807, 2.05) is 30.3 Å². The Balaban J connectivity index is 2.06. The molecule has 2 aromatic carbocycles. The van der Waals surface area contributed by atoms with Crippen LogP contribution in [0.5, 0.6) is 5.88 Å². The molecule has 1 heterocycles. The fraction of sp³-hybridized carbons (Fsp3) is 0.0625. The van der Waals surface area contributed by atoms with E-state index >= 15 is 0 Å². The molecule has 3 rings (SSSR count). The first-order valence-electron chi connectivity index (χ1n) is 6.38. The molecule has 0 aliphatic carbocycles. The van der Waals surface area contributed by atoms with Gasteiger partial charge in [0.25, 0.3) is 0 Å². The van der Waals surface area contributed by atoms with Crippen LogP contribution in [0, 0.1) is 5.82 Å². The van der Waals surface area contributed by atoms with E-state index in [1.54, 1.807) is 12.1 Å². The van der Waals surface area contributed by atoms with Crippen LogP contribution in [0.2, 0.25) is 0 Å². The van der Waals surface area contributed by atoms with Crippen LogP contribution in [0.4, 0.5) is 4.39 Å². The second-order valence-corrected chi connectivity index (χ2v) is 4.37. The Bertz CT molecular complexity index is 745. The monoisotopic (exact) mass is 281 g/mol. The zero-order valence-corrected chi connectivity index (χ0v) is 11.3. The number of benzene rings is 2. The third kappa shape index (κ3) is 2.72. The maximum absolute atomic E-state index is 13.0. The molecular formula is C16H12FN3O. The normalized spacial score (nSPS) is 10.4. The molecule has 0 saturated carbocycles. The number of methoxy groups -OCH3 is 1. The Kier molecular flexibility index (Phi) is 3.55. The highest BCUT2D eigenvalue weighted by Crippen LogP contribution is 2.27. The quantitative estimate of drug-likeness (QED) is 0.738. The molecule has 0 spiro atoms. The van der Waals surface area contributed by atoms with Gasteiger partial charge < -0.3 is 4.74 Å². The van der Waals surface area contributed by atoms with Crippen molar-refractivity contribution in [3.05, 3.63) is 60.4 Å². The van der Waals surface area contributed by atoms with Crippen LogP contribution in [0.25, 0.3) is 22.6 Å². The largest absolute Gasteiger partial charge is 0.479 e. The third-order valence-electron chi connectivity index (χ3n) is 3.00. The molecule has 0 amide bonds. The number of nitrogens with zero attached hydrogens (tertiary/aromatic N) is 3. The molecule has 0 unspecified atom stereocenters. The van der Waals surface area contributed by atoms with Gasteiger partial charge in [-0.05, 0) is 24.3 Å². The number of aromatic nitrogens is 3. The molecule has 0 aliphatic rings. The van der Waals surface area contributed by atoms with E-state index in [4.69, 9.17) is 4.74 Å². The van der Waals surface area contributed by atoms with Crippen LogP contribution >= 0.6 is 0 Å². The molecule has 4 nitrogen and oxygen atoms in total. The summed E-state index contributed by atoms with van der Waals surface area (Å²) in [4.78, 5) is 4.37. The van der Waals surface area contributed by atoms with Crippen molar-refractivity contribution in [3.8, 4) is 28.5 Å². The molecule has 0 fully saturated rings. The highest BCUT2D eigenvalue weighted by atomic mass is 19.1. The first kappa shape index (κ1) is 13.2. The molecule has 0 aliphatic heterocycles. The topological polar surface area (TPSA) is 47.9 Å². The number of halogens is 1. The molecule has 104 valence electrons. The number of hydrogen-bond acceptors (Lipinski definition) is 4. The molecule has 0 bridgehead atoms. The zero-order valence-electron chi connectivity index (χ0n) is 11.3. The van der Waals surface area contributed by atoms with Crippen LogP contribution in [0.3, 0.4) is 0 Å². The van der Waals surface area contributed by atoms with Crippen molar-refractivity contribution in [2.45, 2.75) is 0 Å². The van der Waals surface area contributed by atoms with E-state index in [1.165, 1.54) is 19.2 Å². The molecular weight excluding hydrogens is 269 g/mol. The summed E-state index contributed by atoms with van der Waals surface area (Å²) < 4.78 is 18.3. The van der Waals surface area contributed by atoms with Gasteiger partial charge in [-0.3, -0.25) is 0 Å². The van der Waals surface area contributed by atoms with E-state index < -0.39 is 0 Å². The molecule has 5 heteroatoms. The fourth-order valence-corrected chi connectivity index (χ4v) is 1.95. The fourth-order valence-electron chi connectivity index (χ4n) is 1.95. The van der Waals surface area contributed by atoms with Crippen LogP contribution < -0.4 is 4.74 Å². The number of rotatable bonds is 3. The minimum Gasteiger partial charge on any atom is -0.479 e. The summed E-state index contributed by atoms with van der Waals surface area (Å²) >= 11 is 0. The molecule has 0 radical (unpaired) electrons. The SMILES string of the molecule is COc1nc(-c2ccccc2)nnc1-c1ccc(F)cc1. The van der Waals surface area contributed by atoms with Gasteiger partial charge in [-0.15, -0.1) is 10.2 Å². The first-order valence-corrected chi connectivity index (χ1v) is 6.38. The van der Waals surface area contributed by atoms with E-state index in [-0.39, 0.29) is 5.82 Å². The van der Waals surface area contributed by atoms with Gasteiger partial charge >= 0.3 is 0 Å². The maximum Gasteiger partial charge on any atom is 0.244 e. The number of hydrogen-bond donors (Lipinski definition) is 0. The van der Waals surface area contributed by atoms with Crippen molar-refractivity contribution < 1.29 is 9.13 Å². The summed E-state index contributed by atoms with van der Waals surface area (Å²) in [6.45, 7) is 0. The summed E-state index contributed by atoms with van der Waals surface area (Å²) in [5, 5.41) is 8.29. The van der Waals surface area contributed by atoms with Gasteiger partial charge in [0.15, 0.2) is 11.5 Å². The van der Waals surface area contributed by atoms with Crippen molar-refractivity contribution in [2.75, 3.05) is 7.11 Å². The lowest BCUT2D eigenvalue weighted by molar-refractivity contribution is 0.396. The molecule has 21 heavy (non-hydrogen) atoms. The standard InChI is InChI=1S/C16H12FN3O/c1-21-16-14(11-7-9-13(17)10-8-11)19-20-15(18-16)12-5-3-2-4-6-12/h2-10H,1H3. The van der Waals surface area contributed by atoms with Crippen LogP contribution in [0.15, 0.2) is 54.6 Å². The average molecular weight is 281 g/mol. The van der Waals surface area contributed by atoms with Crippen molar-refractivity contribution in [3.63, 3.8) is 0 Å². The van der Waals surface area contributed by atoms with E-state index in [0.29, 0.717) is 23.0 Å². The summed E-state index contributed by atoms with van der Waals surface area (Å²) in [5.74, 6) is 0.535. The predicted octanol–water partition coefficient (Wildman–Crippen LogP) is 3.35. The van der Waals surface area contributed by atoms with Crippen molar-refractivity contribution in [2.24, 2.45) is 0 Å². The lowest BCUT2D eigenvalue weighted by Crippen LogP contribution is -2.00. The third-order valence-corrected chi connectivity index (χ3v) is 3.00. The summed E-state index contributed by atoms with van der Waals surface area (Å²) in [7, 11) is 1.52. The predicted molar refractivity (Wildman–Crippen MR) is 77.2 cm³/mol.